The molecule has 1 fully saturated rings. The average Bonchev–Trinajstić information content (AvgIpc) is 3.04. The van der Waals surface area contributed by atoms with Crippen LogP contribution in [0.25, 0.3) is 0 Å². The van der Waals surface area contributed by atoms with E-state index in [1.165, 1.54) is 128 Å². The van der Waals surface area contributed by atoms with Gasteiger partial charge < -0.3 is 45.2 Å². The Kier molecular flexibility index (Phi) is 28.9. The first-order valence-corrected chi connectivity index (χ1v) is 19.7. The van der Waals surface area contributed by atoms with E-state index in [0.29, 0.717) is 19.3 Å². The third-order valence-corrected chi connectivity index (χ3v) is 9.77. The fraction of sp³-hybridized carbons (Fsp3) is 1.00. The lowest BCUT2D eigenvalue weighted by Gasteiger charge is -2.39. The zero-order valence-corrected chi connectivity index (χ0v) is 30.1. The number of rotatable bonds is 33. The van der Waals surface area contributed by atoms with Crippen molar-refractivity contribution in [2.75, 3.05) is 13.2 Å². The summed E-state index contributed by atoms with van der Waals surface area (Å²) in [4.78, 5) is 0. The smallest absolute Gasteiger partial charge is 0.186 e. The van der Waals surface area contributed by atoms with E-state index in [0.717, 1.165) is 25.7 Å². The molecule has 0 saturated carbocycles. The summed E-state index contributed by atoms with van der Waals surface area (Å²) in [7, 11) is 0. The molecule has 1 saturated heterocycles. The van der Waals surface area contributed by atoms with Gasteiger partial charge in [-0.05, 0) is 32.6 Å². The summed E-state index contributed by atoms with van der Waals surface area (Å²) in [5.41, 5.74) is 0. The Bertz CT molecular complexity index is 665. The highest BCUT2D eigenvalue weighted by Crippen LogP contribution is 2.23. The molecule has 0 spiro atoms. The maximum Gasteiger partial charge on any atom is 0.186 e. The number of aliphatic hydroxyl groups excluding tert-OH is 7. The first-order valence-electron chi connectivity index (χ1n) is 19.7. The van der Waals surface area contributed by atoms with E-state index in [1.807, 2.05) is 0 Å². The average molecular weight is 677 g/mol. The fourth-order valence-electron chi connectivity index (χ4n) is 6.65. The van der Waals surface area contributed by atoms with E-state index >= 15 is 0 Å². The van der Waals surface area contributed by atoms with E-state index in [4.69, 9.17) is 9.47 Å². The van der Waals surface area contributed by atoms with Gasteiger partial charge in [0.1, 0.15) is 24.4 Å². The summed E-state index contributed by atoms with van der Waals surface area (Å²) in [6.45, 7) is 1.41. The van der Waals surface area contributed by atoms with Crippen molar-refractivity contribution in [2.45, 2.75) is 229 Å². The number of hydrogen-bond donors (Lipinski definition) is 7. The van der Waals surface area contributed by atoms with Gasteiger partial charge in [0.05, 0.1) is 31.5 Å². The zero-order valence-electron chi connectivity index (χ0n) is 30.1. The molecule has 1 aliphatic heterocycles. The van der Waals surface area contributed by atoms with E-state index in [2.05, 4.69) is 0 Å². The van der Waals surface area contributed by atoms with Crippen LogP contribution in [-0.2, 0) is 9.47 Å². The Labute approximate surface area is 287 Å². The zero-order chi connectivity index (χ0) is 34.5. The highest BCUT2D eigenvalue weighted by molar-refractivity contribution is 4.88. The van der Waals surface area contributed by atoms with Gasteiger partial charge in [0.25, 0.3) is 0 Å². The second-order valence-electron chi connectivity index (χ2n) is 14.5. The molecule has 282 valence electrons. The van der Waals surface area contributed by atoms with Crippen molar-refractivity contribution in [3.63, 3.8) is 0 Å². The molecule has 0 aromatic carbocycles. The van der Waals surface area contributed by atoms with Crippen LogP contribution in [0.5, 0.6) is 0 Å². The van der Waals surface area contributed by atoms with Gasteiger partial charge in [-0.3, -0.25) is 0 Å². The van der Waals surface area contributed by atoms with Crippen LogP contribution in [0, 0.1) is 0 Å². The standard InChI is InChI=1S/C38H76O9/c1-31(40)29-33(42)26-24-22-20-18-16-14-12-10-8-6-4-2-3-5-7-9-11-13-15-17-19-21-23-25-32(41)27-28-46-38-37(45)36(44)35(43)34(30-39)47-38/h31-45H,2-30H2,1H3/t31-,32-,33+,34-,35-,36+,37+,38+/m1/s1. The topological polar surface area (TPSA) is 160 Å². The Hall–Kier alpha value is -0.360. The van der Waals surface area contributed by atoms with Crippen LogP contribution in [0.3, 0.4) is 0 Å². The van der Waals surface area contributed by atoms with Gasteiger partial charge in [-0.2, -0.15) is 0 Å². The number of unbranched alkanes of at least 4 members (excludes halogenated alkanes) is 22. The summed E-state index contributed by atoms with van der Waals surface area (Å²) in [6, 6.07) is 0. The molecule has 0 aromatic heterocycles. The molecule has 1 heterocycles. The van der Waals surface area contributed by atoms with Crippen molar-refractivity contribution in [1.29, 1.82) is 0 Å². The molecule has 1 aliphatic rings. The molecule has 0 unspecified atom stereocenters. The van der Waals surface area contributed by atoms with E-state index in [1.54, 1.807) is 6.92 Å². The molecule has 0 aromatic rings. The molecule has 47 heavy (non-hydrogen) atoms. The monoisotopic (exact) mass is 677 g/mol. The van der Waals surface area contributed by atoms with E-state index in [9.17, 15) is 35.7 Å². The fourth-order valence-corrected chi connectivity index (χ4v) is 6.65. The lowest BCUT2D eigenvalue weighted by molar-refractivity contribution is -0.301. The summed E-state index contributed by atoms with van der Waals surface area (Å²) >= 11 is 0. The van der Waals surface area contributed by atoms with Gasteiger partial charge in [0.15, 0.2) is 6.29 Å². The molecule has 0 aliphatic carbocycles. The number of hydrogen-bond acceptors (Lipinski definition) is 9. The quantitative estimate of drug-likeness (QED) is 0.0388. The Morgan fingerprint density at radius 2 is 0.851 bits per heavy atom. The van der Waals surface area contributed by atoms with Crippen LogP contribution in [0.1, 0.15) is 180 Å². The molecule has 0 bridgehead atoms. The molecule has 1 rings (SSSR count). The molecule has 9 heteroatoms. The minimum absolute atomic E-state index is 0.161. The largest absolute Gasteiger partial charge is 0.394 e. The SMILES string of the molecule is C[C@@H](O)C[C@@H](O)CCCCCCCCCCCCCCCCCCCCCCCCC[C@@H](O)CCO[C@H]1O[C@H](CO)[C@@H](O)[C@H](O)[C@@H]1O. The van der Waals surface area contributed by atoms with Gasteiger partial charge in [0.2, 0.25) is 0 Å². The highest BCUT2D eigenvalue weighted by atomic mass is 16.7. The van der Waals surface area contributed by atoms with Crippen molar-refractivity contribution >= 4 is 0 Å². The van der Waals surface area contributed by atoms with Gasteiger partial charge in [0, 0.05) is 0 Å². The number of ether oxygens (including phenoxy) is 2. The van der Waals surface area contributed by atoms with E-state index < -0.39 is 49.5 Å². The Balaban J connectivity index is 1.75. The molecule has 0 amide bonds. The van der Waals surface area contributed by atoms with Crippen LogP contribution in [0.4, 0.5) is 0 Å². The van der Waals surface area contributed by atoms with Crippen molar-refractivity contribution in [1.82, 2.24) is 0 Å². The summed E-state index contributed by atoms with van der Waals surface area (Å²) in [5, 5.41) is 68.1. The maximum atomic E-state index is 10.2. The molecule has 8 atom stereocenters. The van der Waals surface area contributed by atoms with Crippen molar-refractivity contribution in [2.24, 2.45) is 0 Å². The summed E-state index contributed by atoms with van der Waals surface area (Å²) < 4.78 is 10.8. The van der Waals surface area contributed by atoms with Crippen LogP contribution >= 0.6 is 0 Å². The first-order chi connectivity index (χ1) is 22.8. The predicted octanol–water partition coefficient (Wildman–Crippen LogP) is 6.44. The van der Waals surface area contributed by atoms with Crippen molar-refractivity contribution in [3.05, 3.63) is 0 Å². The number of aliphatic hydroxyl groups is 7. The molecule has 9 nitrogen and oxygen atoms in total. The summed E-state index contributed by atoms with van der Waals surface area (Å²) in [6.07, 6.45) is 24.8. The lowest BCUT2D eigenvalue weighted by atomic mass is 9.99. The third-order valence-electron chi connectivity index (χ3n) is 9.77. The van der Waals surface area contributed by atoms with Crippen LogP contribution in [-0.4, -0.2) is 98.0 Å². The molecule has 7 N–H and O–H groups in total. The second kappa shape index (κ2) is 30.5. The van der Waals surface area contributed by atoms with Crippen LogP contribution in [0.2, 0.25) is 0 Å². The van der Waals surface area contributed by atoms with Gasteiger partial charge in [-0.1, -0.05) is 148 Å². The minimum atomic E-state index is -1.45. The van der Waals surface area contributed by atoms with Crippen molar-refractivity contribution < 1.29 is 45.2 Å². The van der Waals surface area contributed by atoms with Crippen LogP contribution < -0.4 is 0 Å². The van der Waals surface area contributed by atoms with Gasteiger partial charge >= 0.3 is 0 Å². The lowest BCUT2D eigenvalue weighted by Crippen LogP contribution is -2.59. The summed E-state index contributed by atoms with van der Waals surface area (Å²) in [5.74, 6) is 0. The first kappa shape index (κ1) is 44.7. The van der Waals surface area contributed by atoms with Crippen LogP contribution in [0.15, 0.2) is 0 Å². The predicted molar refractivity (Wildman–Crippen MR) is 188 cm³/mol. The molecular formula is C38H76O9. The normalized spacial score (nSPS) is 23.6. The molecular weight excluding hydrogens is 600 g/mol. The third kappa shape index (κ3) is 24.4. The van der Waals surface area contributed by atoms with Gasteiger partial charge in [-0.25, -0.2) is 0 Å². The Morgan fingerprint density at radius 1 is 0.489 bits per heavy atom. The Morgan fingerprint density at radius 3 is 1.21 bits per heavy atom. The van der Waals surface area contributed by atoms with E-state index in [-0.39, 0.29) is 12.7 Å². The maximum absolute atomic E-state index is 10.2. The highest BCUT2D eigenvalue weighted by Gasteiger charge is 2.43. The second-order valence-corrected chi connectivity index (χ2v) is 14.5. The van der Waals surface area contributed by atoms with Gasteiger partial charge in [-0.15, -0.1) is 0 Å². The minimum Gasteiger partial charge on any atom is -0.394 e. The molecule has 0 radical (unpaired) electrons. The van der Waals surface area contributed by atoms with Crippen molar-refractivity contribution in [3.8, 4) is 0 Å².